The zero-order valence-corrected chi connectivity index (χ0v) is 12.9. The topological polar surface area (TPSA) is 55.2 Å². The van der Waals surface area contributed by atoms with Gasteiger partial charge in [0.15, 0.2) is 0 Å². The Hall–Kier alpha value is -2.47. The quantitative estimate of drug-likeness (QED) is 0.741. The summed E-state index contributed by atoms with van der Waals surface area (Å²) in [7, 11) is 1.73. The van der Waals surface area contributed by atoms with Crippen molar-refractivity contribution in [1.29, 1.82) is 0 Å². The normalized spacial score (nSPS) is 10.8. The highest BCUT2D eigenvalue weighted by Crippen LogP contribution is 2.14. The first kappa shape index (κ1) is 14.5. The van der Waals surface area contributed by atoms with Crippen LogP contribution in [0.15, 0.2) is 52.8 Å². The van der Waals surface area contributed by atoms with Crippen LogP contribution in [0.25, 0.3) is 10.1 Å². The summed E-state index contributed by atoms with van der Waals surface area (Å²) in [5, 5.41) is 6.74. The average Bonchev–Trinajstić information content (AvgIpc) is 3.00. The molecule has 0 aliphatic heterocycles. The monoisotopic (exact) mass is 313 g/mol. The lowest BCUT2D eigenvalue weighted by Gasteiger charge is -2.17. The van der Waals surface area contributed by atoms with Crippen LogP contribution in [0.1, 0.15) is 5.56 Å². The van der Waals surface area contributed by atoms with Gasteiger partial charge in [-0.3, -0.25) is 9.59 Å². The van der Waals surface area contributed by atoms with Crippen LogP contribution < -0.4 is 5.56 Å². The molecule has 0 N–H and O–H groups in total. The Balaban J connectivity index is 1.75. The van der Waals surface area contributed by atoms with E-state index in [4.69, 9.17) is 0 Å². The minimum Gasteiger partial charge on any atom is -0.340 e. The van der Waals surface area contributed by atoms with Crippen molar-refractivity contribution in [2.45, 2.75) is 13.1 Å². The molecule has 0 fully saturated rings. The summed E-state index contributed by atoms with van der Waals surface area (Å²) in [5.41, 5.74) is 0.835. The summed E-state index contributed by atoms with van der Waals surface area (Å²) in [6, 6.07) is 11.6. The van der Waals surface area contributed by atoms with Crippen molar-refractivity contribution in [3.63, 3.8) is 0 Å². The predicted molar refractivity (Wildman–Crippen MR) is 86.8 cm³/mol. The van der Waals surface area contributed by atoms with Crippen molar-refractivity contribution >= 4 is 27.3 Å². The lowest BCUT2D eigenvalue weighted by Crippen LogP contribution is -2.34. The molecular weight excluding hydrogens is 298 g/mol. The highest BCUT2D eigenvalue weighted by Gasteiger charge is 2.13. The van der Waals surface area contributed by atoms with Crippen LogP contribution in [0.3, 0.4) is 0 Å². The minimum absolute atomic E-state index is 0.0456. The molecule has 112 valence electrons. The molecular formula is C16H15N3O2S. The molecule has 0 aliphatic carbocycles. The molecule has 0 saturated heterocycles. The largest absolute Gasteiger partial charge is 0.340 e. The van der Waals surface area contributed by atoms with Crippen molar-refractivity contribution < 1.29 is 4.79 Å². The maximum absolute atomic E-state index is 12.3. The fourth-order valence-electron chi connectivity index (χ4n) is 2.20. The van der Waals surface area contributed by atoms with Crippen LogP contribution in [0.2, 0.25) is 0 Å². The van der Waals surface area contributed by atoms with Crippen LogP contribution >= 0.6 is 11.3 Å². The summed E-state index contributed by atoms with van der Waals surface area (Å²) in [6.45, 7) is 0.464. The molecule has 3 aromatic rings. The number of likely N-dealkylation sites (N-methyl/N-ethyl adjacent to an activating group) is 1. The number of nitrogens with zero attached hydrogens (tertiary/aromatic N) is 3. The molecule has 0 aliphatic rings. The standard InChI is InChI=1S/C16H15N3O2S/c1-18(10-12-5-3-2-4-6-12)14(20)11-19-16(21)15-13(9-17-19)7-8-22-15/h2-9H,10-11H2,1H3. The number of benzene rings is 1. The number of aromatic nitrogens is 2. The van der Waals surface area contributed by atoms with Crippen molar-refractivity contribution in [3.8, 4) is 0 Å². The summed E-state index contributed by atoms with van der Waals surface area (Å²) in [6.07, 6.45) is 1.62. The Morgan fingerprint density at radius 3 is 2.82 bits per heavy atom. The molecule has 0 radical (unpaired) electrons. The Morgan fingerprint density at radius 2 is 2.05 bits per heavy atom. The number of carbonyl (C=O) groups is 1. The summed E-state index contributed by atoms with van der Waals surface area (Å²) in [4.78, 5) is 26.1. The number of amides is 1. The van der Waals surface area contributed by atoms with Gasteiger partial charge >= 0.3 is 0 Å². The van der Waals surface area contributed by atoms with Crippen LogP contribution in [0, 0.1) is 0 Å². The van der Waals surface area contributed by atoms with Gasteiger partial charge in [0.05, 0.1) is 6.20 Å². The van der Waals surface area contributed by atoms with Gasteiger partial charge in [-0.05, 0) is 17.0 Å². The van der Waals surface area contributed by atoms with E-state index in [-0.39, 0.29) is 18.0 Å². The summed E-state index contributed by atoms with van der Waals surface area (Å²) in [5.74, 6) is -0.144. The molecule has 0 unspecified atom stereocenters. The smallest absolute Gasteiger partial charge is 0.285 e. The summed E-state index contributed by atoms with van der Waals surface area (Å²) < 4.78 is 1.86. The maximum atomic E-state index is 12.3. The number of fused-ring (bicyclic) bond motifs is 1. The molecule has 2 heterocycles. The lowest BCUT2D eigenvalue weighted by atomic mass is 10.2. The van der Waals surface area contributed by atoms with E-state index in [1.165, 1.54) is 16.0 Å². The maximum Gasteiger partial charge on any atom is 0.285 e. The SMILES string of the molecule is CN(Cc1ccccc1)C(=O)Cn1ncc2ccsc2c1=O. The molecule has 22 heavy (non-hydrogen) atoms. The van der Waals surface area contributed by atoms with Crippen molar-refractivity contribution in [1.82, 2.24) is 14.7 Å². The van der Waals surface area contributed by atoms with Crippen molar-refractivity contribution in [2.75, 3.05) is 7.05 Å². The van der Waals surface area contributed by atoms with E-state index in [1.807, 2.05) is 41.8 Å². The van der Waals surface area contributed by atoms with E-state index >= 15 is 0 Å². The minimum atomic E-state index is -0.214. The van der Waals surface area contributed by atoms with Crippen LogP contribution in [0.4, 0.5) is 0 Å². The molecule has 1 amide bonds. The molecule has 6 heteroatoms. The Labute approximate surface area is 131 Å². The van der Waals surface area contributed by atoms with Crippen molar-refractivity contribution in [3.05, 3.63) is 63.9 Å². The van der Waals surface area contributed by atoms with E-state index in [0.29, 0.717) is 11.2 Å². The fraction of sp³-hybridized carbons (Fsp3) is 0.188. The van der Waals surface area contributed by atoms with Gasteiger partial charge in [-0.25, -0.2) is 4.68 Å². The van der Waals surface area contributed by atoms with Gasteiger partial charge < -0.3 is 4.90 Å². The zero-order chi connectivity index (χ0) is 15.5. The first-order valence-corrected chi connectivity index (χ1v) is 7.74. The molecule has 5 nitrogen and oxygen atoms in total. The van der Waals surface area contributed by atoms with E-state index in [2.05, 4.69) is 5.10 Å². The van der Waals surface area contributed by atoms with Gasteiger partial charge in [-0.2, -0.15) is 5.10 Å². The fourth-order valence-corrected chi connectivity index (χ4v) is 3.02. The second-order valence-corrected chi connectivity index (χ2v) is 5.96. The Kier molecular flexibility index (Phi) is 4.02. The van der Waals surface area contributed by atoms with Gasteiger partial charge in [0.25, 0.3) is 5.56 Å². The highest BCUT2D eigenvalue weighted by atomic mass is 32.1. The van der Waals surface area contributed by atoms with Crippen LogP contribution in [-0.4, -0.2) is 27.6 Å². The van der Waals surface area contributed by atoms with Crippen molar-refractivity contribution in [2.24, 2.45) is 0 Å². The molecule has 1 aromatic carbocycles. The number of hydrogen-bond donors (Lipinski definition) is 0. The van der Waals surface area contributed by atoms with E-state index in [1.54, 1.807) is 18.1 Å². The zero-order valence-electron chi connectivity index (χ0n) is 12.1. The Morgan fingerprint density at radius 1 is 1.27 bits per heavy atom. The number of carbonyl (C=O) groups excluding carboxylic acids is 1. The third-order valence-electron chi connectivity index (χ3n) is 3.43. The Bertz CT molecular complexity index is 854. The van der Waals surface area contributed by atoms with Gasteiger partial charge in [-0.1, -0.05) is 30.3 Å². The van der Waals surface area contributed by atoms with E-state index in [9.17, 15) is 9.59 Å². The lowest BCUT2D eigenvalue weighted by molar-refractivity contribution is -0.131. The van der Waals surface area contributed by atoms with Gasteiger partial charge in [-0.15, -0.1) is 11.3 Å². The molecule has 2 aromatic heterocycles. The third kappa shape index (κ3) is 2.92. The number of rotatable bonds is 4. The molecule has 0 saturated carbocycles. The predicted octanol–water partition coefficient (Wildman–Crippen LogP) is 2.12. The first-order chi connectivity index (χ1) is 10.6. The molecule has 0 bridgehead atoms. The molecule has 0 atom stereocenters. The average molecular weight is 313 g/mol. The van der Waals surface area contributed by atoms with Crippen LogP contribution in [-0.2, 0) is 17.9 Å². The van der Waals surface area contributed by atoms with Gasteiger partial charge in [0.2, 0.25) is 5.91 Å². The van der Waals surface area contributed by atoms with Gasteiger partial charge in [0, 0.05) is 19.0 Å². The highest BCUT2D eigenvalue weighted by molar-refractivity contribution is 7.17. The van der Waals surface area contributed by atoms with Gasteiger partial charge in [0.1, 0.15) is 11.2 Å². The second kappa shape index (κ2) is 6.11. The van der Waals surface area contributed by atoms with E-state index < -0.39 is 0 Å². The number of thiophene rings is 1. The second-order valence-electron chi connectivity index (χ2n) is 5.05. The third-order valence-corrected chi connectivity index (χ3v) is 4.35. The number of hydrogen-bond acceptors (Lipinski definition) is 4. The van der Waals surface area contributed by atoms with Crippen LogP contribution in [0.5, 0.6) is 0 Å². The first-order valence-electron chi connectivity index (χ1n) is 6.86. The summed E-state index contributed by atoms with van der Waals surface area (Å²) >= 11 is 1.37. The molecule has 0 spiro atoms. The molecule has 3 rings (SSSR count). The van der Waals surface area contributed by atoms with E-state index in [0.717, 1.165) is 10.9 Å².